The lowest BCUT2D eigenvalue weighted by Crippen LogP contribution is -2.24. The van der Waals surface area contributed by atoms with Crippen molar-refractivity contribution in [1.82, 2.24) is 14.5 Å². The van der Waals surface area contributed by atoms with Gasteiger partial charge in [0.05, 0.1) is 23.8 Å². The molecule has 174 valence electrons. The van der Waals surface area contributed by atoms with Crippen LogP contribution in [0.25, 0.3) is 10.2 Å². The number of Topliss-reactive ketones (excluding diaryl/α,β-unsaturated/α-hetero) is 1. The smallest absolute Gasteiger partial charge is 0.349 e. The van der Waals surface area contributed by atoms with Gasteiger partial charge in [-0.05, 0) is 44.7 Å². The van der Waals surface area contributed by atoms with Crippen molar-refractivity contribution in [3.05, 3.63) is 49.1 Å². The number of aromatic nitrogens is 3. The number of esters is 2. The van der Waals surface area contributed by atoms with E-state index < -0.39 is 24.3 Å². The zero-order valence-corrected chi connectivity index (χ0v) is 19.8. The third kappa shape index (κ3) is 3.99. The number of thiophene rings is 1. The Balaban J connectivity index is 1.57. The van der Waals surface area contributed by atoms with Gasteiger partial charge in [0.1, 0.15) is 15.5 Å². The van der Waals surface area contributed by atoms with E-state index in [0.717, 1.165) is 42.8 Å². The van der Waals surface area contributed by atoms with Crippen molar-refractivity contribution in [2.24, 2.45) is 0 Å². The molecule has 1 N–H and O–H groups in total. The summed E-state index contributed by atoms with van der Waals surface area (Å²) < 4.78 is 11.7. The van der Waals surface area contributed by atoms with E-state index in [-0.39, 0.29) is 16.1 Å². The number of rotatable bonds is 5. The fourth-order valence-corrected chi connectivity index (χ4v) is 5.39. The quantitative estimate of drug-likeness (QED) is 0.448. The van der Waals surface area contributed by atoms with Gasteiger partial charge in [-0.15, -0.1) is 11.3 Å². The Morgan fingerprint density at radius 1 is 1.09 bits per heavy atom. The number of H-pyrrole nitrogens is 1. The summed E-state index contributed by atoms with van der Waals surface area (Å²) in [5, 5.41) is 0.433. The molecule has 0 aromatic carbocycles. The van der Waals surface area contributed by atoms with Gasteiger partial charge in [-0.3, -0.25) is 14.2 Å². The molecule has 33 heavy (non-hydrogen) atoms. The van der Waals surface area contributed by atoms with Crippen LogP contribution in [0.15, 0.2) is 4.79 Å². The van der Waals surface area contributed by atoms with Crippen LogP contribution in [0.5, 0.6) is 0 Å². The zero-order chi connectivity index (χ0) is 23.9. The number of carbonyl (C=O) groups is 3. The van der Waals surface area contributed by atoms with Crippen molar-refractivity contribution in [2.45, 2.75) is 53.0 Å². The maximum Gasteiger partial charge on any atom is 0.349 e. The minimum atomic E-state index is -0.683. The van der Waals surface area contributed by atoms with Crippen LogP contribution in [0.3, 0.4) is 0 Å². The Morgan fingerprint density at radius 3 is 2.58 bits per heavy atom. The van der Waals surface area contributed by atoms with E-state index in [1.165, 1.54) is 7.11 Å². The van der Waals surface area contributed by atoms with E-state index in [2.05, 4.69) is 9.97 Å². The van der Waals surface area contributed by atoms with Crippen LogP contribution >= 0.6 is 11.3 Å². The topological polar surface area (TPSA) is 120 Å². The molecular formula is C23H25N3O6S. The number of ether oxygens (including phenoxy) is 2. The van der Waals surface area contributed by atoms with Crippen molar-refractivity contribution in [3.63, 3.8) is 0 Å². The number of methoxy groups -OCH3 is 1. The van der Waals surface area contributed by atoms with Gasteiger partial charge in [0, 0.05) is 18.7 Å². The highest BCUT2D eigenvalue weighted by atomic mass is 32.1. The van der Waals surface area contributed by atoms with Crippen LogP contribution in [0, 0.1) is 20.8 Å². The maximum atomic E-state index is 13.1. The molecule has 0 atom stereocenters. The number of fused-ring (bicyclic) bond motifs is 2. The number of aryl methyl sites for hydroxylation is 3. The average Bonchev–Trinajstić information content (AvgIpc) is 3.15. The van der Waals surface area contributed by atoms with Gasteiger partial charge in [-0.1, -0.05) is 6.42 Å². The molecule has 0 saturated carbocycles. The molecule has 0 unspecified atom stereocenters. The Labute approximate surface area is 193 Å². The second-order valence-electron chi connectivity index (χ2n) is 8.15. The summed E-state index contributed by atoms with van der Waals surface area (Å²) in [4.78, 5) is 58.8. The largest absolute Gasteiger partial charge is 0.465 e. The molecule has 1 aliphatic rings. The molecule has 0 spiro atoms. The highest BCUT2D eigenvalue weighted by Gasteiger charge is 2.26. The van der Waals surface area contributed by atoms with Gasteiger partial charge in [0.25, 0.3) is 5.56 Å². The SMILES string of the molecule is COC(=O)c1c(C)[nH]c(C(=O)COC(=O)c2sc3nc4n(c(=O)c3c2C)CCCCC4)c1C. The van der Waals surface area contributed by atoms with Crippen LogP contribution in [0.1, 0.15) is 72.4 Å². The van der Waals surface area contributed by atoms with Crippen LogP contribution in [-0.2, 0) is 22.4 Å². The van der Waals surface area contributed by atoms with Gasteiger partial charge in [0.15, 0.2) is 6.61 Å². The molecule has 0 saturated heterocycles. The summed E-state index contributed by atoms with van der Waals surface area (Å²) in [6.07, 6.45) is 3.70. The normalized spacial score (nSPS) is 13.5. The van der Waals surface area contributed by atoms with Crippen molar-refractivity contribution in [3.8, 4) is 0 Å². The molecule has 1 aliphatic heterocycles. The van der Waals surface area contributed by atoms with Gasteiger partial charge in [-0.25, -0.2) is 14.6 Å². The van der Waals surface area contributed by atoms with Crippen molar-refractivity contribution in [1.29, 1.82) is 0 Å². The molecule has 10 heteroatoms. The minimum Gasteiger partial charge on any atom is -0.465 e. The first-order valence-corrected chi connectivity index (χ1v) is 11.6. The average molecular weight is 472 g/mol. The van der Waals surface area contributed by atoms with Crippen molar-refractivity contribution < 1.29 is 23.9 Å². The molecule has 3 aromatic heterocycles. The predicted molar refractivity (Wildman–Crippen MR) is 122 cm³/mol. The summed E-state index contributed by atoms with van der Waals surface area (Å²) >= 11 is 1.11. The Bertz CT molecular complexity index is 1350. The standard InChI is InChI=1S/C23H25N3O6S/c1-11-16(22(29)31-4)13(3)24-18(11)14(27)10-32-23(30)19-12(2)17-20(33-19)25-15-8-6-5-7-9-26(15)21(17)28/h24H,5-10H2,1-4H3. The van der Waals surface area contributed by atoms with Crippen LogP contribution in [0.4, 0.5) is 0 Å². The molecule has 0 amide bonds. The van der Waals surface area contributed by atoms with Crippen molar-refractivity contribution >= 4 is 39.3 Å². The summed E-state index contributed by atoms with van der Waals surface area (Å²) in [6, 6.07) is 0. The zero-order valence-electron chi connectivity index (χ0n) is 19.0. The van der Waals surface area contributed by atoms with Crippen molar-refractivity contribution in [2.75, 3.05) is 13.7 Å². The number of hydrogen-bond acceptors (Lipinski definition) is 8. The number of nitrogens with zero attached hydrogens (tertiary/aromatic N) is 2. The van der Waals surface area contributed by atoms with E-state index in [1.807, 2.05) is 0 Å². The van der Waals surface area contributed by atoms with Gasteiger partial charge in [0.2, 0.25) is 5.78 Å². The minimum absolute atomic E-state index is 0.131. The lowest BCUT2D eigenvalue weighted by molar-refractivity contribution is 0.0477. The first kappa shape index (κ1) is 22.9. The predicted octanol–water partition coefficient (Wildman–Crippen LogP) is 3.26. The summed E-state index contributed by atoms with van der Waals surface area (Å²) in [6.45, 7) is 5.12. The summed E-state index contributed by atoms with van der Waals surface area (Å²) in [7, 11) is 1.27. The van der Waals surface area contributed by atoms with E-state index >= 15 is 0 Å². The highest BCUT2D eigenvalue weighted by molar-refractivity contribution is 7.20. The molecule has 0 aliphatic carbocycles. The lowest BCUT2D eigenvalue weighted by atomic mass is 10.1. The van der Waals surface area contributed by atoms with E-state index in [1.54, 1.807) is 25.3 Å². The molecule has 4 heterocycles. The maximum absolute atomic E-state index is 13.1. The number of ketones is 1. The number of nitrogens with one attached hydrogen (secondary N) is 1. The van der Waals surface area contributed by atoms with E-state index in [4.69, 9.17) is 9.47 Å². The third-order valence-corrected chi connectivity index (χ3v) is 7.20. The number of aromatic amines is 1. The lowest BCUT2D eigenvalue weighted by Gasteiger charge is -2.08. The van der Waals surface area contributed by atoms with Gasteiger partial charge >= 0.3 is 11.9 Å². The van der Waals surface area contributed by atoms with E-state index in [9.17, 15) is 19.2 Å². The van der Waals surface area contributed by atoms with Gasteiger partial charge in [-0.2, -0.15) is 0 Å². The molecule has 0 radical (unpaired) electrons. The monoisotopic (exact) mass is 471 g/mol. The Kier molecular flexibility index (Phi) is 6.20. The van der Waals surface area contributed by atoms with Crippen LogP contribution in [-0.4, -0.2) is 46.0 Å². The fraction of sp³-hybridized carbons (Fsp3) is 0.435. The Morgan fingerprint density at radius 2 is 1.85 bits per heavy atom. The first-order valence-electron chi connectivity index (χ1n) is 10.7. The number of hydrogen-bond donors (Lipinski definition) is 1. The van der Waals surface area contributed by atoms with Crippen LogP contribution < -0.4 is 5.56 Å². The second kappa shape index (κ2) is 8.93. The van der Waals surface area contributed by atoms with E-state index in [0.29, 0.717) is 39.1 Å². The Hall–Kier alpha value is -3.27. The first-order chi connectivity index (χ1) is 15.7. The molecule has 9 nitrogen and oxygen atoms in total. The third-order valence-electron chi connectivity index (χ3n) is 6.04. The van der Waals surface area contributed by atoms with Gasteiger partial charge < -0.3 is 14.5 Å². The molecule has 0 fully saturated rings. The fourth-order valence-electron chi connectivity index (χ4n) is 4.31. The molecule has 0 bridgehead atoms. The van der Waals surface area contributed by atoms with Crippen LogP contribution in [0.2, 0.25) is 0 Å². The summed E-state index contributed by atoms with van der Waals surface area (Å²) in [5.74, 6) is -0.948. The number of carbonyl (C=O) groups excluding carboxylic acids is 3. The molecular weight excluding hydrogens is 446 g/mol. The summed E-state index contributed by atoms with van der Waals surface area (Å²) in [5.41, 5.74) is 1.81. The highest BCUT2D eigenvalue weighted by Crippen LogP contribution is 2.29. The molecule has 4 rings (SSSR count). The molecule has 3 aromatic rings. The second-order valence-corrected chi connectivity index (χ2v) is 9.15.